The lowest BCUT2D eigenvalue weighted by Gasteiger charge is -1.99. The second-order valence-corrected chi connectivity index (χ2v) is 3.65. The van der Waals surface area contributed by atoms with Gasteiger partial charge in [-0.2, -0.15) is 0 Å². The van der Waals surface area contributed by atoms with Gasteiger partial charge < -0.3 is 4.79 Å². The van der Waals surface area contributed by atoms with Gasteiger partial charge in [0.05, 0.1) is 0 Å². The SMILES string of the molecule is C=CC(=C)CC/C=C(\C)CCC(C)=O. The summed E-state index contributed by atoms with van der Waals surface area (Å²) >= 11 is 0. The predicted molar refractivity (Wildman–Crippen MR) is 62.2 cm³/mol. The van der Waals surface area contributed by atoms with Crippen LogP contribution in [0.2, 0.25) is 0 Å². The van der Waals surface area contributed by atoms with E-state index in [2.05, 4.69) is 26.2 Å². The second kappa shape index (κ2) is 7.31. The van der Waals surface area contributed by atoms with Crippen molar-refractivity contribution < 1.29 is 4.79 Å². The highest BCUT2D eigenvalue weighted by Gasteiger charge is 1.94. The molecule has 0 saturated carbocycles. The molecule has 0 rings (SSSR count). The zero-order chi connectivity index (χ0) is 11.0. The fraction of sp³-hybridized carbons (Fsp3) is 0.462. The van der Waals surface area contributed by atoms with Gasteiger partial charge in [-0.25, -0.2) is 0 Å². The number of rotatable bonds is 7. The molecule has 0 fully saturated rings. The molecular formula is C13H20O. The quantitative estimate of drug-likeness (QED) is 0.442. The Morgan fingerprint density at radius 3 is 2.36 bits per heavy atom. The summed E-state index contributed by atoms with van der Waals surface area (Å²) in [6, 6.07) is 0. The summed E-state index contributed by atoms with van der Waals surface area (Å²) in [4.78, 5) is 10.7. The molecule has 1 heteroatoms. The zero-order valence-corrected chi connectivity index (χ0v) is 9.31. The van der Waals surface area contributed by atoms with Crippen LogP contribution in [0.3, 0.4) is 0 Å². The maximum Gasteiger partial charge on any atom is 0.130 e. The minimum atomic E-state index is 0.258. The van der Waals surface area contributed by atoms with E-state index in [4.69, 9.17) is 0 Å². The molecular weight excluding hydrogens is 172 g/mol. The molecule has 78 valence electrons. The van der Waals surface area contributed by atoms with Crippen LogP contribution in [0.4, 0.5) is 0 Å². The normalized spacial score (nSPS) is 11.1. The molecule has 0 N–H and O–H groups in total. The van der Waals surface area contributed by atoms with E-state index in [-0.39, 0.29) is 5.78 Å². The molecule has 0 saturated heterocycles. The van der Waals surface area contributed by atoms with Crippen molar-refractivity contribution in [2.24, 2.45) is 0 Å². The summed E-state index contributed by atoms with van der Waals surface area (Å²) < 4.78 is 0. The van der Waals surface area contributed by atoms with Crippen molar-refractivity contribution in [1.82, 2.24) is 0 Å². The van der Waals surface area contributed by atoms with E-state index in [9.17, 15) is 4.79 Å². The lowest BCUT2D eigenvalue weighted by molar-refractivity contribution is -0.116. The molecule has 0 heterocycles. The summed E-state index contributed by atoms with van der Waals surface area (Å²) in [6.07, 6.45) is 7.46. The van der Waals surface area contributed by atoms with Crippen LogP contribution < -0.4 is 0 Å². The first-order chi connectivity index (χ1) is 6.56. The van der Waals surface area contributed by atoms with Gasteiger partial charge >= 0.3 is 0 Å². The fourth-order valence-electron chi connectivity index (χ4n) is 1.08. The number of carbonyl (C=O) groups excluding carboxylic acids is 1. The standard InChI is InChI=1S/C13H20O/c1-5-11(2)7-6-8-12(3)9-10-13(4)14/h5,8H,1-2,6-7,9-10H2,3-4H3/b12-8+. The molecule has 0 unspecified atom stereocenters. The first kappa shape index (κ1) is 12.9. The molecule has 0 aromatic heterocycles. The van der Waals surface area contributed by atoms with Gasteiger partial charge in [0.1, 0.15) is 5.78 Å². The third kappa shape index (κ3) is 7.53. The summed E-state index contributed by atoms with van der Waals surface area (Å²) in [7, 11) is 0. The number of allylic oxidation sites excluding steroid dienone is 4. The lowest BCUT2D eigenvalue weighted by Crippen LogP contribution is -1.89. The molecule has 0 radical (unpaired) electrons. The van der Waals surface area contributed by atoms with Crippen LogP contribution in [0.25, 0.3) is 0 Å². The molecule has 0 aliphatic carbocycles. The van der Waals surface area contributed by atoms with Gasteiger partial charge in [-0.3, -0.25) is 0 Å². The van der Waals surface area contributed by atoms with E-state index in [0.29, 0.717) is 6.42 Å². The van der Waals surface area contributed by atoms with Gasteiger partial charge in [-0.05, 0) is 33.1 Å². The van der Waals surface area contributed by atoms with Crippen molar-refractivity contribution in [1.29, 1.82) is 0 Å². The van der Waals surface area contributed by atoms with Crippen molar-refractivity contribution in [3.05, 3.63) is 36.5 Å². The maximum absolute atomic E-state index is 10.7. The van der Waals surface area contributed by atoms with Gasteiger partial charge in [0.25, 0.3) is 0 Å². The third-order valence-electron chi connectivity index (χ3n) is 2.12. The topological polar surface area (TPSA) is 17.1 Å². The van der Waals surface area contributed by atoms with E-state index in [0.717, 1.165) is 24.8 Å². The average Bonchev–Trinajstić information content (AvgIpc) is 2.14. The van der Waals surface area contributed by atoms with Gasteiger partial charge in [-0.15, -0.1) is 0 Å². The highest BCUT2D eigenvalue weighted by molar-refractivity contribution is 5.75. The van der Waals surface area contributed by atoms with Crippen molar-refractivity contribution in [3.8, 4) is 0 Å². The predicted octanol–water partition coefficient (Wildman–Crippen LogP) is 3.82. The van der Waals surface area contributed by atoms with Crippen LogP contribution in [0.5, 0.6) is 0 Å². The van der Waals surface area contributed by atoms with E-state index in [1.54, 1.807) is 13.0 Å². The Morgan fingerprint density at radius 1 is 1.21 bits per heavy atom. The summed E-state index contributed by atoms with van der Waals surface area (Å²) in [6.45, 7) is 11.2. The summed E-state index contributed by atoms with van der Waals surface area (Å²) in [5.41, 5.74) is 2.36. The maximum atomic E-state index is 10.7. The average molecular weight is 192 g/mol. The molecule has 0 amide bonds. The largest absolute Gasteiger partial charge is 0.300 e. The van der Waals surface area contributed by atoms with E-state index >= 15 is 0 Å². The Labute approximate surface area is 87.2 Å². The van der Waals surface area contributed by atoms with Crippen molar-refractivity contribution in [2.45, 2.75) is 39.5 Å². The van der Waals surface area contributed by atoms with Crippen molar-refractivity contribution >= 4 is 5.78 Å². The van der Waals surface area contributed by atoms with Crippen LogP contribution in [0, 0.1) is 0 Å². The zero-order valence-electron chi connectivity index (χ0n) is 9.31. The van der Waals surface area contributed by atoms with Gasteiger partial charge in [-0.1, -0.05) is 36.5 Å². The Morgan fingerprint density at radius 2 is 1.86 bits per heavy atom. The third-order valence-corrected chi connectivity index (χ3v) is 2.12. The minimum absolute atomic E-state index is 0.258. The highest BCUT2D eigenvalue weighted by Crippen LogP contribution is 2.09. The second-order valence-electron chi connectivity index (χ2n) is 3.65. The smallest absolute Gasteiger partial charge is 0.130 e. The first-order valence-corrected chi connectivity index (χ1v) is 5.01. The molecule has 0 atom stereocenters. The number of hydrogen-bond donors (Lipinski definition) is 0. The van der Waals surface area contributed by atoms with Crippen LogP contribution in [-0.2, 0) is 4.79 Å². The number of hydrogen-bond acceptors (Lipinski definition) is 1. The summed E-state index contributed by atoms with van der Waals surface area (Å²) in [5.74, 6) is 0.258. The van der Waals surface area contributed by atoms with E-state index in [1.807, 2.05) is 0 Å². The molecule has 0 aromatic carbocycles. The first-order valence-electron chi connectivity index (χ1n) is 5.01. The number of carbonyl (C=O) groups is 1. The summed E-state index contributed by atoms with van der Waals surface area (Å²) in [5, 5.41) is 0. The monoisotopic (exact) mass is 192 g/mol. The van der Waals surface area contributed by atoms with E-state index < -0.39 is 0 Å². The minimum Gasteiger partial charge on any atom is -0.300 e. The molecule has 0 aromatic rings. The molecule has 14 heavy (non-hydrogen) atoms. The molecule has 1 nitrogen and oxygen atoms in total. The van der Waals surface area contributed by atoms with Crippen LogP contribution in [0.15, 0.2) is 36.5 Å². The van der Waals surface area contributed by atoms with Gasteiger partial charge in [0.15, 0.2) is 0 Å². The van der Waals surface area contributed by atoms with Crippen molar-refractivity contribution in [2.75, 3.05) is 0 Å². The highest BCUT2D eigenvalue weighted by atomic mass is 16.1. The van der Waals surface area contributed by atoms with Crippen LogP contribution >= 0.6 is 0 Å². The molecule has 0 bridgehead atoms. The molecule has 0 aliphatic rings. The number of ketones is 1. The lowest BCUT2D eigenvalue weighted by atomic mass is 10.1. The Balaban J connectivity index is 3.71. The van der Waals surface area contributed by atoms with Crippen LogP contribution in [-0.4, -0.2) is 5.78 Å². The van der Waals surface area contributed by atoms with Crippen LogP contribution in [0.1, 0.15) is 39.5 Å². The Bertz CT molecular complexity index is 246. The number of Topliss-reactive ketones (excluding diaryl/α,β-unsaturated/α-hetero) is 1. The molecule has 0 aliphatic heterocycles. The van der Waals surface area contributed by atoms with Gasteiger partial charge in [0, 0.05) is 6.42 Å². The van der Waals surface area contributed by atoms with E-state index in [1.165, 1.54) is 5.57 Å². The Hall–Kier alpha value is -1.11. The Kier molecular flexibility index (Phi) is 6.73. The van der Waals surface area contributed by atoms with Crippen molar-refractivity contribution in [3.63, 3.8) is 0 Å². The molecule has 0 spiro atoms. The fourth-order valence-corrected chi connectivity index (χ4v) is 1.08. The van der Waals surface area contributed by atoms with Gasteiger partial charge in [0.2, 0.25) is 0 Å².